The van der Waals surface area contributed by atoms with Crippen LogP contribution in [0.1, 0.15) is 42.7 Å². The van der Waals surface area contributed by atoms with Gasteiger partial charge in [0, 0.05) is 12.1 Å². The molecule has 3 N–H and O–H groups in total. The van der Waals surface area contributed by atoms with E-state index in [4.69, 9.17) is 9.88 Å². The summed E-state index contributed by atoms with van der Waals surface area (Å²) in [7, 11) is -8.87. The van der Waals surface area contributed by atoms with E-state index in [-0.39, 0.29) is 17.4 Å². The van der Waals surface area contributed by atoms with E-state index in [0.29, 0.717) is 11.6 Å². The van der Waals surface area contributed by atoms with Crippen molar-refractivity contribution in [3.05, 3.63) is 47.8 Å². The van der Waals surface area contributed by atoms with E-state index in [0.717, 1.165) is 25.0 Å². The minimum absolute atomic E-state index is 0.0933. The average Bonchev–Trinajstić information content (AvgIpc) is 3.50. The third kappa shape index (κ3) is 5.81. The highest BCUT2D eigenvalue weighted by Gasteiger charge is 2.26. The smallest absolute Gasteiger partial charge is 0.266 e. The van der Waals surface area contributed by atoms with Crippen molar-refractivity contribution in [3.63, 3.8) is 0 Å². The topological polar surface area (TPSA) is 146 Å². The average molecular weight is 464 g/mol. The van der Waals surface area contributed by atoms with Gasteiger partial charge in [0.15, 0.2) is 11.4 Å². The number of primary sulfonamides is 1. The lowest BCUT2D eigenvalue weighted by Gasteiger charge is -2.13. The Morgan fingerprint density at radius 2 is 1.84 bits per heavy atom. The van der Waals surface area contributed by atoms with Crippen LogP contribution in [0.3, 0.4) is 0 Å². The lowest BCUT2D eigenvalue weighted by atomic mass is 10.2. The molecular weight excluding hydrogens is 442 g/mol. The molecule has 1 fully saturated rings. The van der Waals surface area contributed by atoms with Gasteiger partial charge in [-0.2, -0.15) is 0 Å². The number of aromatic nitrogens is 1. The summed E-state index contributed by atoms with van der Waals surface area (Å²) in [4.78, 5) is 15.5. The number of sulfonamides is 2. The third-order valence-corrected chi connectivity index (χ3v) is 6.61. The first-order chi connectivity index (χ1) is 14.5. The number of pyridine rings is 1. The maximum Gasteiger partial charge on any atom is 0.266 e. The molecule has 1 amide bonds. The van der Waals surface area contributed by atoms with Crippen molar-refractivity contribution in [1.82, 2.24) is 9.71 Å². The highest BCUT2D eigenvalue weighted by atomic mass is 32.2. The number of amides is 1. The summed E-state index contributed by atoms with van der Waals surface area (Å²) in [5, 5.41) is 5.09. The number of benzene rings is 1. The van der Waals surface area contributed by atoms with Gasteiger partial charge in [-0.25, -0.2) is 31.7 Å². The van der Waals surface area contributed by atoms with Crippen LogP contribution in [-0.4, -0.2) is 33.8 Å². The number of carbonyl (C=O) groups is 1. The molecule has 164 valence electrons. The second-order valence-electron chi connectivity index (χ2n) is 7.21. The standard InChI is InChI=1S/C20H21N3O6S2/c1-13(2)29-17-11-15(12-22-16(17)10-9-14-7-8-14)20(24)23-31(27,28)19-6-4-3-5-18(19)30(21,25)26/h3-6,11-14H,7-8H2,1-2H3,(H,23,24)(H2,21,25,26). The van der Waals surface area contributed by atoms with Crippen LogP contribution in [0.25, 0.3) is 0 Å². The Kier molecular flexibility index (Phi) is 6.35. The second kappa shape index (κ2) is 8.66. The molecule has 1 saturated carbocycles. The number of hydrogen-bond acceptors (Lipinski definition) is 7. The largest absolute Gasteiger partial charge is 0.488 e. The van der Waals surface area contributed by atoms with Crippen molar-refractivity contribution in [3.8, 4) is 17.6 Å². The predicted octanol–water partition coefficient (Wildman–Crippen LogP) is 1.40. The van der Waals surface area contributed by atoms with Gasteiger partial charge in [0.2, 0.25) is 10.0 Å². The van der Waals surface area contributed by atoms with Gasteiger partial charge in [0.1, 0.15) is 9.79 Å². The first kappa shape index (κ1) is 22.7. The van der Waals surface area contributed by atoms with Gasteiger partial charge in [-0.15, -0.1) is 0 Å². The number of nitrogens with one attached hydrogen (secondary N) is 1. The lowest BCUT2D eigenvalue weighted by molar-refractivity contribution is 0.0980. The van der Waals surface area contributed by atoms with Gasteiger partial charge in [-0.3, -0.25) is 4.79 Å². The van der Waals surface area contributed by atoms with Crippen molar-refractivity contribution in [2.75, 3.05) is 0 Å². The predicted molar refractivity (Wildman–Crippen MR) is 112 cm³/mol. The summed E-state index contributed by atoms with van der Waals surface area (Å²) in [6.07, 6.45) is 3.02. The number of nitrogens with zero attached hydrogens (tertiary/aromatic N) is 1. The summed E-state index contributed by atoms with van der Waals surface area (Å²) in [5.74, 6) is 5.56. The van der Waals surface area contributed by atoms with Crippen molar-refractivity contribution in [2.45, 2.75) is 42.6 Å². The molecule has 0 radical (unpaired) electrons. The highest BCUT2D eigenvalue weighted by Crippen LogP contribution is 2.28. The SMILES string of the molecule is CC(C)Oc1cc(C(=O)NS(=O)(=O)c2ccccc2S(N)(=O)=O)cnc1C#CC1CC1. The summed E-state index contributed by atoms with van der Waals surface area (Å²) in [5.41, 5.74) is 0.254. The zero-order chi connectivity index (χ0) is 22.8. The molecule has 9 nitrogen and oxygen atoms in total. The molecule has 1 aliphatic rings. The summed E-state index contributed by atoms with van der Waals surface area (Å²) < 4.78 is 56.3. The fraction of sp³-hybridized carbons (Fsp3) is 0.300. The van der Waals surface area contributed by atoms with Crippen LogP contribution >= 0.6 is 0 Å². The van der Waals surface area contributed by atoms with Gasteiger partial charge >= 0.3 is 0 Å². The number of rotatable bonds is 6. The quantitative estimate of drug-likeness (QED) is 0.616. The number of nitrogens with two attached hydrogens (primary N) is 1. The molecule has 1 aliphatic carbocycles. The Hall–Kier alpha value is -2.94. The Labute approximate surface area is 181 Å². The van der Waals surface area contributed by atoms with Gasteiger partial charge < -0.3 is 4.74 Å². The van der Waals surface area contributed by atoms with Crippen LogP contribution in [0.2, 0.25) is 0 Å². The Balaban J connectivity index is 1.92. The van der Waals surface area contributed by atoms with E-state index in [2.05, 4.69) is 16.8 Å². The second-order valence-corrected chi connectivity index (χ2v) is 10.4. The minimum Gasteiger partial charge on any atom is -0.488 e. The summed E-state index contributed by atoms with van der Waals surface area (Å²) in [6, 6.07) is 6.06. The van der Waals surface area contributed by atoms with Crippen LogP contribution in [0.5, 0.6) is 5.75 Å². The fourth-order valence-corrected chi connectivity index (χ4v) is 4.90. The van der Waals surface area contributed by atoms with E-state index in [9.17, 15) is 21.6 Å². The van der Waals surface area contributed by atoms with Crippen LogP contribution < -0.4 is 14.6 Å². The molecule has 31 heavy (non-hydrogen) atoms. The highest BCUT2D eigenvalue weighted by molar-refractivity contribution is 7.92. The van der Waals surface area contributed by atoms with E-state index >= 15 is 0 Å². The van der Waals surface area contributed by atoms with Gasteiger partial charge in [0.25, 0.3) is 15.9 Å². The lowest BCUT2D eigenvalue weighted by Crippen LogP contribution is -2.32. The maximum absolute atomic E-state index is 12.7. The molecule has 0 atom stereocenters. The van der Waals surface area contributed by atoms with Crippen molar-refractivity contribution < 1.29 is 26.4 Å². The van der Waals surface area contributed by atoms with Crippen LogP contribution in [0.4, 0.5) is 0 Å². The van der Waals surface area contributed by atoms with Crippen molar-refractivity contribution >= 4 is 26.0 Å². The zero-order valence-corrected chi connectivity index (χ0v) is 18.5. The van der Waals surface area contributed by atoms with Crippen molar-refractivity contribution in [1.29, 1.82) is 0 Å². The fourth-order valence-electron chi connectivity index (χ4n) is 2.55. The molecule has 3 rings (SSSR count). The van der Waals surface area contributed by atoms with Gasteiger partial charge in [-0.05, 0) is 50.8 Å². The Morgan fingerprint density at radius 3 is 2.42 bits per heavy atom. The first-order valence-corrected chi connectivity index (χ1v) is 12.4. The number of carbonyl (C=O) groups excluding carboxylic acids is 1. The van der Waals surface area contributed by atoms with Gasteiger partial charge in [-0.1, -0.05) is 18.1 Å². The molecule has 0 bridgehead atoms. The van der Waals surface area contributed by atoms with E-state index in [1.807, 2.05) is 4.72 Å². The maximum atomic E-state index is 12.7. The molecule has 1 aromatic heterocycles. The minimum atomic E-state index is -4.54. The molecule has 1 aromatic carbocycles. The Bertz CT molecular complexity index is 1290. The van der Waals surface area contributed by atoms with E-state index < -0.39 is 35.7 Å². The third-order valence-electron chi connectivity index (χ3n) is 4.12. The number of ether oxygens (including phenoxy) is 1. The monoisotopic (exact) mass is 463 g/mol. The summed E-state index contributed by atoms with van der Waals surface area (Å²) in [6.45, 7) is 3.58. The van der Waals surface area contributed by atoms with E-state index in [1.165, 1.54) is 24.4 Å². The van der Waals surface area contributed by atoms with Crippen molar-refractivity contribution in [2.24, 2.45) is 11.1 Å². The zero-order valence-electron chi connectivity index (χ0n) is 16.8. The number of hydrogen-bond donors (Lipinski definition) is 2. The molecule has 1 heterocycles. The normalized spacial score (nSPS) is 13.9. The van der Waals surface area contributed by atoms with Gasteiger partial charge in [0.05, 0.1) is 11.7 Å². The van der Waals surface area contributed by atoms with Crippen LogP contribution in [-0.2, 0) is 20.0 Å². The molecule has 2 aromatic rings. The molecule has 0 spiro atoms. The van der Waals surface area contributed by atoms with E-state index in [1.54, 1.807) is 13.8 Å². The summed E-state index contributed by atoms with van der Waals surface area (Å²) >= 11 is 0. The Morgan fingerprint density at radius 1 is 1.19 bits per heavy atom. The molecule has 0 unspecified atom stereocenters. The first-order valence-electron chi connectivity index (χ1n) is 9.34. The molecule has 11 heteroatoms. The molecule has 0 saturated heterocycles. The van der Waals surface area contributed by atoms with Crippen LogP contribution in [0, 0.1) is 17.8 Å². The molecular formula is C20H21N3O6S2. The molecule has 0 aliphatic heterocycles. The van der Waals surface area contributed by atoms with Crippen LogP contribution in [0.15, 0.2) is 46.3 Å².